The molecule has 4 aromatic carbocycles. The van der Waals surface area contributed by atoms with Crippen LogP contribution in [0, 0.1) is 13.8 Å². The number of allylic oxidation sites excluding steroid dienone is 1. The number of aromatic nitrogens is 1. The largest absolute Gasteiger partial charge is 0.497 e. The standard InChI is InChI=1S/C38H35N3O5S/c1-23-11-17-30(24(2)19-23)40-36(42)34-25(3)39-38-41(35(34)28-13-15-29(44-4)16-14-28)37(43)33(47-38)21-27-12-18-31(32(20-27)45-5)46-22-26-9-7-6-8-10-26/h6-21,35H,22H2,1-5H3,(H,40,42)/b33-21+/t35-/m1/s1. The molecule has 8 nitrogen and oxygen atoms in total. The molecule has 0 unspecified atom stereocenters. The van der Waals surface area contributed by atoms with Crippen LogP contribution in [-0.4, -0.2) is 24.7 Å². The summed E-state index contributed by atoms with van der Waals surface area (Å²) < 4.78 is 19.1. The van der Waals surface area contributed by atoms with Gasteiger partial charge in [-0.15, -0.1) is 0 Å². The quantitative estimate of drug-likeness (QED) is 0.210. The van der Waals surface area contributed by atoms with Crippen LogP contribution < -0.4 is 34.4 Å². The number of fused-ring (bicyclic) bond motifs is 1. The number of benzene rings is 4. The number of anilines is 1. The predicted octanol–water partition coefficient (Wildman–Crippen LogP) is 6.09. The Kier molecular flexibility index (Phi) is 9.08. The van der Waals surface area contributed by atoms with Crippen LogP contribution in [0.4, 0.5) is 5.69 Å². The van der Waals surface area contributed by atoms with E-state index in [9.17, 15) is 9.59 Å². The zero-order valence-electron chi connectivity index (χ0n) is 26.9. The summed E-state index contributed by atoms with van der Waals surface area (Å²) in [7, 11) is 3.19. The molecule has 0 aliphatic carbocycles. The lowest BCUT2D eigenvalue weighted by atomic mass is 9.95. The Bertz CT molecular complexity index is 2170. The van der Waals surface area contributed by atoms with Crippen molar-refractivity contribution in [3.05, 3.63) is 150 Å². The van der Waals surface area contributed by atoms with Gasteiger partial charge in [0.15, 0.2) is 16.3 Å². The number of carbonyl (C=O) groups excluding carboxylic acids is 1. The van der Waals surface area contributed by atoms with Gasteiger partial charge in [0.2, 0.25) is 0 Å². The summed E-state index contributed by atoms with van der Waals surface area (Å²) in [5.74, 6) is 1.52. The fraction of sp³-hybridized carbons (Fsp3) is 0.184. The molecule has 238 valence electrons. The van der Waals surface area contributed by atoms with Gasteiger partial charge in [0.25, 0.3) is 11.5 Å². The molecule has 0 radical (unpaired) electrons. The lowest BCUT2D eigenvalue weighted by Gasteiger charge is -2.25. The number of rotatable bonds is 9. The van der Waals surface area contributed by atoms with Crippen LogP contribution in [0.5, 0.6) is 17.2 Å². The van der Waals surface area contributed by atoms with Crippen molar-refractivity contribution in [3.8, 4) is 17.2 Å². The third-order valence-corrected chi connectivity index (χ3v) is 9.03. The molecule has 0 saturated heterocycles. The SMILES string of the molecule is COc1ccc([C@@H]2C(C(=O)Nc3ccc(C)cc3C)=C(C)N=c3s/c(=C/c4ccc(OCc5ccccc5)c(OC)c4)c(=O)n32)cc1. The highest BCUT2D eigenvalue weighted by Crippen LogP contribution is 2.33. The minimum absolute atomic E-state index is 0.248. The highest BCUT2D eigenvalue weighted by molar-refractivity contribution is 7.07. The molecule has 0 spiro atoms. The van der Waals surface area contributed by atoms with E-state index in [1.165, 1.54) is 11.3 Å². The Morgan fingerprint density at radius 3 is 2.38 bits per heavy atom. The van der Waals surface area contributed by atoms with Gasteiger partial charge < -0.3 is 19.5 Å². The number of hydrogen-bond acceptors (Lipinski definition) is 7. The molecule has 1 N–H and O–H groups in total. The van der Waals surface area contributed by atoms with Gasteiger partial charge in [0, 0.05) is 5.69 Å². The first-order valence-electron chi connectivity index (χ1n) is 15.2. The van der Waals surface area contributed by atoms with E-state index in [4.69, 9.17) is 19.2 Å². The lowest BCUT2D eigenvalue weighted by molar-refractivity contribution is -0.113. The predicted molar refractivity (Wildman–Crippen MR) is 185 cm³/mol. The van der Waals surface area contributed by atoms with E-state index in [2.05, 4.69) is 5.32 Å². The average Bonchev–Trinajstić information content (AvgIpc) is 3.38. The van der Waals surface area contributed by atoms with Crippen LogP contribution in [0.2, 0.25) is 0 Å². The van der Waals surface area contributed by atoms with E-state index in [1.54, 1.807) is 18.8 Å². The van der Waals surface area contributed by atoms with E-state index in [0.717, 1.165) is 27.8 Å². The highest BCUT2D eigenvalue weighted by atomic mass is 32.1. The van der Waals surface area contributed by atoms with E-state index in [0.29, 0.717) is 50.1 Å². The van der Waals surface area contributed by atoms with E-state index >= 15 is 0 Å². The van der Waals surface area contributed by atoms with Crippen molar-refractivity contribution in [2.75, 3.05) is 19.5 Å². The van der Waals surface area contributed by atoms with Crippen molar-refractivity contribution < 1.29 is 19.0 Å². The molecular formula is C38H35N3O5S. The van der Waals surface area contributed by atoms with Crippen molar-refractivity contribution >= 4 is 29.0 Å². The summed E-state index contributed by atoms with van der Waals surface area (Å²) >= 11 is 1.28. The molecule has 1 atom stereocenters. The van der Waals surface area contributed by atoms with Gasteiger partial charge in [0.1, 0.15) is 12.4 Å². The highest BCUT2D eigenvalue weighted by Gasteiger charge is 2.32. The first-order chi connectivity index (χ1) is 22.7. The number of aryl methyl sites for hydroxylation is 2. The second-order valence-electron chi connectivity index (χ2n) is 11.3. The first-order valence-corrected chi connectivity index (χ1v) is 16.0. The molecule has 1 amide bonds. The van der Waals surface area contributed by atoms with Gasteiger partial charge in [0.05, 0.1) is 36.1 Å². The molecule has 2 heterocycles. The molecule has 5 aromatic rings. The summed E-state index contributed by atoms with van der Waals surface area (Å²) in [5.41, 5.74) is 6.03. The van der Waals surface area contributed by atoms with Crippen molar-refractivity contribution in [2.24, 2.45) is 4.99 Å². The monoisotopic (exact) mass is 645 g/mol. The second kappa shape index (κ2) is 13.5. The normalized spacial score (nSPS) is 14.3. The zero-order valence-corrected chi connectivity index (χ0v) is 27.7. The summed E-state index contributed by atoms with van der Waals surface area (Å²) in [6, 6.07) is 28.0. The van der Waals surface area contributed by atoms with Crippen LogP contribution in [0.3, 0.4) is 0 Å². The Morgan fingerprint density at radius 2 is 1.68 bits per heavy atom. The molecule has 0 saturated carbocycles. The van der Waals surface area contributed by atoms with Crippen LogP contribution in [0.25, 0.3) is 6.08 Å². The molecule has 1 aromatic heterocycles. The Labute approximate surface area is 276 Å². The summed E-state index contributed by atoms with van der Waals surface area (Å²) in [6.45, 7) is 6.17. The van der Waals surface area contributed by atoms with Gasteiger partial charge in [-0.1, -0.05) is 77.6 Å². The Balaban J connectivity index is 1.39. The number of hydrogen-bond donors (Lipinski definition) is 1. The van der Waals surface area contributed by atoms with Crippen molar-refractivity contribution in [3.63, 3.8) is 0 Å². The van der Waals surface area contributed by atoms with Gasteiger partial charge in [-0.05, 0) is 79.4 Å². The third kappa shape index (κ3) is 6.62. The summed E-state index contributed by atoms with van der Waals surface area (Å²) in [4.78, 5) is 33.4. The van der Waals surface area contributed by atoms with E-state index < -0.39 is 6.04 Å². The van der Waals surface area contributed by atoms with Crippen LogP contribution in [0.15, 0.2) is 112 Å². The lowest BCUT2D eigenvalue weighted by Crippen LogP contribution is -2.40. The number of ether oxygens (including phenoxy) is 3. The molecular weight excluding hydrogens is 611 g/mol. The number of amides is 1. The number of thiazole rings is 1. The average molecular weight is 646 g/mol. The van der Waals surface area contributed by atoms with Gasteiger partial charge >= 0.3 is 0 Å². The minimum atomic E-state index is -0.701. The molecule has 0 bridgehead atoms. The van der Waals surface area contributed by atoms with Crippen LogP contribution >= 0.6 is 11.3 Å². The van der Waals surface area contributed by atoms with E-state index in [1.807, 2.05) is 118 Å². The molecule has 0 fully saturated rings. The zero-order chi connectivity index (χ0) is 33.1. The van der Waals surface area contributed by atoms with Gasteiger partial charge in [-0.3, -0.25) is 14.2 Å². The van der Waals surface area contributed by atoms with Gasteiger partial charge in [-0.2, -0.15) is 0 Å². The summed E-state index contributed by atoms with van der Waals surface area (Å²) in [6.07, 6.45) is 1.81. The van der Waals surface area contributed by atoms with Crippen LogP contribution in [-0.2, 0) is 11.4 Å². The number of nitrogens with zero attached hydrogens (tertiary/aromatic N) is 2. The molecule has 9 heteroatoms. The topological polar surface area (TPSA) is 91.2 Å². The Hall–Kier alpha value is -5.41. The summed E-state index contributed by atoms with van der Waals surface area (Å²) in [5, 5.41) is 3.07. The van der Waals surface area contributed by atoms with Crippen LogP contribution in [0.1, 0.15) is 40.8 Å². The van der Waals surface area contributed by atoms with Crippen molar-refractivity contribution in [2.45, 2.75) is 33.4 Å². The first kappa shape index (κ1) is 31.6. The maximum atomic E-state index is 14.2. The third-order valence-electron chi connectivity index (χ3n) is 8.05. The van der Waals surface area contributed by atoms with E-state index in [-0.39, 0.29) is 11.5 Å². The van der Waals surface area contributed by atoms with Crippen molar-refractivity contribution in [1.82, 2.24) is 4.57 Å². The molecule has 47 heavy (non-hydrogen) atoms. The van der Waals surface area contributed by atoms with Crippen molar-refractivity contribution in [1.29, 1.82) is 0 Å². The molecule has 1 aliphatic rings. The minimum Gasteiger partial charge on any atom is -0.497 e. The molecule has 1 aliphatic heterocycles. The number of methoxy groups -OCH3 is 2. The maximum absolute atomic E-state index is 14.2. The number of carbonyl (C=O) groups is 1. The fourth-order valence-electron chi connectivity index (χ4n) is 5.64. The van der Waals surface area contributed by atoms with Gasteiger partial charge in [-0.25, -0.2) is 4.99 Å². The second-order valence-corrected chi connectivity index (χ2v) is 12.3. The Morgan fingerprint density at radius 1 is 0.915 bits per heavy atom. The smallest absolute Gasteiger partial charge is 0.271 e. The fourth-order valence-corrected chi connectivity index (χ4v) is 6.68. The number of nitrogens with one attached hydrogen (secondary N) is 1. The maximum Gasteiger partial charge on any atom is 0.271 e. The molecule has 6 rings (SSSR count).